The molecule has 3 rings (SSSR count). The number of hydrogen-bond donors (Lipinski definition) is 2. The van der Waals surface area contributed by atoms with Crippen molar-refractivity contribution in [3.63, 3.8) is 0 Å². The van der Waals surface area contributed by atoms with Crippen LogP contribution in [0.3, 0.4) is 0 Å². The molecule has 1 aromatic heterocycles. The Kier molecular flexibility index (Phi) is 9.39. The highest BCUT2D eigenvalue weighted by Crippen LogP contribution is 2.32. The maximum atomic E-state index is 11.9. The summed E-state index contributed by atoms with van der Waals surface area (Å²) in [4.78, 5) is 26.3. The van der Waals surface area contributed by atoms with Crippen molar-refractivity contribution < 1.29 is 19.6 Å². The van der Waals surface area contributed by atoms with Gasteiger partial charge in [-0.25, -0.2) is 0 Å². The van der Waals surface area contributed by atoms with Crippen molar-refractivity contribution in [2.75, 3.05) is 13.1 Å². The van der Waals surface area contributed by atoms with Gasteiger partial charge in [-0.05, 0) is 36.1 Å². The molecule has 0 spiro atoms. The molecule has 2 N–H and O–H groups in total. The number of hydrogen-bond acceptors (Lipinski definition) is 7. The van der Waals surface area contributed by atoms with E-state index < -0.39 is 11.0 Å². The molecule has 3 aromatic rings. The molecule has 1 heterocycles. The number of rotatable bonds is 13. The van der Waals surface area contributed by atoms with E-state index in [2.05, 4.69) is 11.9 Å². The summed E-state index contributed by atoms with van der Waals surface area (Å²) in [7, 11) is 0. The summed E-state index contributed by atoms with van der Waals surface area (Å²) in [6, 6.07) is 18.2. The topological polar surface area (TPSA) is 105 Å². The van der Waals surface area contributed by atoms with Gasteiger partial charge in [0.05, 0.1) is 24.0 Å². The van der Waals surface area contributed by atoms with Gasteiger partial charge in [0.25, 0.3) is 0 Å². The third-order valence-electron chi connectivity index (χ3n) is 5.22. The fraction of sp³-hybridized carbons (Fsp3) is 0.269. The molecule has 0 saturated heterocycles. The average Bonchev–Trinajstić information content (AvgIpc) is 3.35. The molecule has 8 nitrogen and oxygen atoms in total. The van der Waals surface area contributed by atoms with Gasteiger partial charge in [-0.3, -0.25) is 14.9 Å². The summed E-state index contributed by atoms with van der Waals surface area (Å²) < 4.78 is 5.74. The zero-order valence-corrected chi connectivity index (χ0v) is 20.4. The van der Waals surface area contributed by atoms with E-state index in [1.54, 1.807) is 30.4 Å². The predicted octanol–water partition coefficient (Wildman–Crippen LogP) is 4.60. The smallest absolute Gasteiger partial charge is 0.311 e. The second-order valence-electron chi connectivity index (χ2n) is 8.06. The van der Waals surface area contributed by atoms with Crippen molar-refractivity contribution >= 4 is 28.6 Å². The van der Waals surface area contributed by atoms with Crippen LogP contribution in [-0.2, 0) is 17.9 Å². The Bertz CT molecular complexity index is 1130. The summed E-state index contributed by atoms with van der Waals surface area (Å²) in [5.41, 5.74) is 1.97. The molecule has 0 aliphatic carbocycles. The third-order valence-corrected chi connectivity index (χ3v) is 6.08. The molecular formula is C26H29N3O5S. The van der Waals surface area contributed by atoms with Gasteiger partial charge in [0.1, 0.15) is 6.61 Å². The minimum Gasteiger partial charge on any atom is -0.482 e. The van der Waals surface area contributed by atoms with Gasteiger partial charge >= 0.3 is 5.69 Å². The van der Waals surface area contributed by atoms with Gasteiger partial charge < -0.3 is 20.1 Å². The van der Waals surface area contributed by atoms with Crippen molar-refractivity contribution in [3.05, 3.63) is 98.7 Å². The quantitative estimate of drug-likeness (QED) is 0.265. The Balaban J connectivity index is 1.75. The number of ether oxygens (including phenoxy) is 1. The van der Waals surface area contributed by atoms with Crippen molar-refractivity contribution in [1.29, 1.82) is 0 Å². The Hall–Kier alpha value is -3.69. The Morgan fingerprint density at radius 1 is 1.23 bits per heavy atom. The van der Waals surface area contributed by atoms with Crippen molar-refractivity contribution in [3.8, 4) is 5.75 Å². The summed E-state index contributed by atoms with van der Waals surface area (Å²) in [6.07, 6.45) is -0.682. The zero-order chi connectivity index (χ0) is 25.2. The largest absolute Gasteiger partial charge is 0.482 e. The van der Waals surface area contributed by atoms with Crippen molar-refractivity contribution in [1.82, 2.24) is 10.2 Å². The molecule has 1 unspecified atom stereocenters. The van der Waals surface area contributed by atoms with E-state index in [0.717, 1.165) is 10.4 Å². The lowest BCUT2D eigenvalue weighted by Crippen LogP contribution is -2.34. The zero-order valence-electron chi connectivity index (χ0n) is 19.6. The van der Waals surface area contributed by atoms with Gasteiger partial charge in [0.15, 0.2) is 5.75 Å². The maximum Gasteiger partial charge on any atom is 0.311 e. The summed E-state index contributed by atoms with van der Waals surface area (Å²) in [5, 5.41) is 25.9. The Morgan fingerprint density at radius 3 is 2.66 bits per heavy atom. The molecule has 35 heavy (non-hydrogen) atoms. The summed E-state index contributed by atoms with van der Waals surface area (Å²) in [6.45, 7) is 7.31. The first-order valence-electron chi connectivity index (χ1n) is 11.2. The monoisotopic (exact) mass is 495 g/mol. The first kappa shape index (κ1) is 25.9. The highest BCUT2D eigenvalue weighted by molar-refractivity contribution is 7.09. The molecule has 184 valence electrons. The molecule has 1 atom stereocenters. The van der Waals surface area contributed by atoms with Gasteiger partial charge in [0.2, 0.25) is 5.91 Å². The van der Waals surface area contributed by atoms with Crippen LogP contribution in [0.1, 0.15) is 29.3 Å². The van der Waals surface area contributed by atoms with Crippen LogP contribution in [0.2, 0.25) is 0 Å². The lowest BCUT2D eigenvalue weighted by atomic mass is 10.1. The fourth-order valence-corrected chi connectivity index (χ4v) is 4.17. The van der Waals surface area contributed by atoms with Crippen molar-refractivity contribution in [2.24, 2.45) is 0 Å². The molecule has 0 bridgehead atoms. The number of nitro benzene ring substituents is 1. The Labute approximate surface area is 208 Å². The van der Waals surface area contributed by atoms with E-state index in [9.17, 15) is 20.0 Å². The normalized spacial score (nSPS) is 11.5. The minimum absolute atomic E-state index is 0.0303. The second kappa shape index (κ2) is 12.7. The number of thiophene rings is 1. The van der Waals surface area contributed by atoms with Crippen LogP contribution in [0.5, 0.6) is 5.75 Å². The van der Waals surface area contributed by atoms with Crippen molar-refractivity contribution in [2.45, 2.75) is 32.6 Å². The highest BCUT2D eigenvalue weighted by Gasteiger charge is 2.20. The van der Waals surface area contributed by atoms with Crippen LogP contribution in [-0.4, -0.2) is 40.0 Å². The molecular weight excluding hydrogens is 466 g/mol. The molecule has 1 amide bonds. The van der Waals surface area contributed by atoms with E-state index in [1.807, 2.05) is 52.7 Å². The lowest BCUT2D eigenvalue weighted by molar-refractivity contribution is -0.386. The first-order valence-corrected chi connectivity index (χ1v) is 12.1. The number of carbonyl (C=O) groups excluding carboxylic acids is 1. The molecule has 0 saturated carbocycles. The molecule has 0 aliphatic rings. The molecule has 9 heteroatoms. The number of aliphatic hydroxyl groups excluding tert-OH is 1. The van der Waals surface area contributed by atoms with Crippen LogP contribution in [0, 0.1) is 10.1 Å². The minimum atomic E-state index is -0.713. The van der Waals surface area contributed by atoms with E-state index in [-0.39, 0.29) is 30.4 Å². The number of nitrogens with zero attached hydrogens (tertiary/aromatic N) is 2. The van der Waals surface area contributed by atoms with Gasteiger partial charge in [-0.1, -0.05) is 43.0 Å². The van der Waals surface area contributed by atoms with Gasteiger partial charge in [0, 0.05) is 35.3 Å². The summed E-state index contributed by atoms with van der Waals surface area (Å²) >= 11 is 1.60. The number of aliphatic hydroxyl groups is 1. The van der Waals surface area contributed by atoms with E-state index in [0.29, 0.717) is 30.9 Å². The van der Waals surface area contributed by atoms with Gasteiger partial charge in [-0.15, -0.1) is 11.3 Å². The standard InChI is InChI=1S/C26H29N3O5S/c1-19(30)15-26(31)27-12-13-28(17-23-9-6-14-35-23)20(2)22-10-11-25(24(16-22)29(32)33)34-18-21-7-4-3-5-8-21/h3-11,14,16,19,30H,2,12-13,15,17-18H2,1H3,(H,27,31). The molecule has 0 radical (unpaired) electrons. The van der Waals surface area contributed by atoms with E-state index >= 15 is 0 Å². The van der Waals surface area contributed by atoms with Crippen LogP contribution >= 0.6 is 11.3 Å². The Morgan fingerprint density at radius 2 is 2.00 bits per heavy atom. The predicted molar refractivity (Wildman–Crippen MR) is 137 cm³/mol. The van der Waals surface area contributed by atoms with Crippen LogP contribution in [0.25, 0.3) is 5.70 Å². The van der Waals surface area contributed by atoms with E-state index in [4.69, 9.17) is 4.74 Å². The second-order valence-corrected chi connectivity index (χ2v) is 9.10. The summed E-state index contributed by atoms with van der Waals surface area (Å²) in [5.74, 6) is -0.0529. The molecule has 0 fully saturated rings. The molecule has 2 aromatic carbocycles. The SMILES string of the molecule is C=C(c1ccc(OCc2ccccc2)c([N+](=O)[O-])c1)N(CCNC(=O)CC(C)O)Cc1cccs1. The average molecular weight is 496 g/mol. The first-order chi connectivity index (χ1) is 16.8. The fourth-order valence-electron chi connectivity index (χ4n) is 3.45. The lowest BCUT2D eigenvalue weighted by Gasteiger charge is -2.27. The van der Waals surface area contributed by atoms with Crippen LogP contribution in [0.15, 0.2) is 72.6 Å². The van der Waals surface area contributed by atoms with Crippen LogP contribution in [0.4, 0.5) is 5.69 Å². The number of benzene rings is 2. The van der Waals surface area contributed by atoms with Gasteiger partial charge in [-0.2, -0.15) is 0 Å². The number of nitrogens with one attached hydrogen (secondary N) is 1. The van der Waals surface area contributed by atoms with Crippen LogP contribution < -0.4 is 10.1 Å². The third kappa shape index (κ3) is 7.94. The highest BCUT2D eigenvalue weighted by atomic mass is 32.1. The molecule has 0 aliphatic heterocycles. The maximum absolute atomic E-state index is 11.9. The number of carbonyl (C=O) groups is 1. The number of nitro groups is 1. The number of amides is 1. The van der Waals surface area contributed by atoms with E-state index in [1.165, 1.54) is 6.07 Å².